The van der Waals surface area contributed by atoms with Crippen LogP contribution in [-0.2, 0) is 6.42 Å². The average molecular weight is 169 g/mol. The fourth-order valence-electron chi connectivity index (χ4n) is 0.829. The molecule has 3 N–H and O–H groups in total. The molecule has 0 aliphatic heterocycles. The molecule has 1 unspecified atom stereocenters. The predicted molar refractivity (Wildman–Crippen MR) is 50.1 cm³/mol. The Hall–Kier alpha value is -1.02. The van der Waals surface area contributed by atoms with Crippen molar-refractivity contribution in [3.63, 3.8) is 0 Å². The highest BCUT2D eigenvalue weighted by molar-refractivity contribution is 5.25. The molecule has 0 aliphatic carbocycles. The minimum absolute atomic E-state index is 0.0593. The fraction of sp³-hybridized carbons (Fsp3) is 0.400. The van der Waals surface area contributed by atoms with Crippen molar-refractivity contribution in [3.05, 3.63) is 29.7 Å². The monoisotopic (exact) mass is 169 g/mol. The second-order valence-electron chi connectivity index (χ2n) is 2.84. The molecule has 0 saturated heterocycles. The lowest BCUT2D eigenvalue weighted by atomic mass is 10.1. The molecule has 0 heterocycles. The highest BCUT2D eigenvalue weighted by atomic mass is 16.3. The van der Waals surface area contributed by atoms with E-state index in [1.807, 2.05) is 6.92 Å². The summed E-state index contributed by atoms with van der Waals surface area (Å²) in [5.41, 5.74) is 5.89. The van der Waals surface area contributed by atoms with Crippen molar-refractivity contribution in [2.75, 3.05) is 0 Å². The van der Waals surface area contributed by atoms with Crippen LogP contribution in [0.4, 0.5) is 0 Å². The minimum Gasteiger partial charge on any atom is -0.508 e. The van der Waals surface area contributed by atoms with E-state index in [-0.39, 0.29) is 30.2 Å². The van der Waals surface area contributed by atoms with Crippen LogP contribution in [0.5, 0.6) is 5.75 Å². The van der Waals surface area contributed by atoms with Gasteiger partial charge in [-0.2, -0.15) is 0 Å². The fourth-order valence-corrected chi connectivity index (χ4v) is 0.829. The van der Waals surface area contributed by atoms with E-state index in [1.54, 1.807) is 0 Å². The van der Waals surface area contributed by atoms with Gasteiger partial charge in [0.15, 0.2) is 0 Å². The molecule has 0 radical (unpaired) electrons. The van der Waals surface area contributed by atoms with Gasteiger partial charge in [0.2, 0.25) is 0 Å². The number of aromatic hydroxyl groups is 1. The number of benzene rings is 1. The molecule has 0 aliphatic rings. The van der Waals surface area contributed by atoms with Crippen LogP contribution < -0.4 is 5.73 Å². The smallest absolute Gasteiger partial charge is 0.115 e. The maximum Gasteiger partial charge on any atom is 0.115 e. The van der Waals surface area contributed by atoms with Crippen molar-refractivity contribution in [2.24, 2.45) is 5.73 Å². The molecule has 0 fully saturated rings. The summed E-state index contributed by atoms with van der Waals surface area (Å²) < 4.78 is 30.1. The Kier molecular flexibility index (Phi) is 1.67. The highest BCUT2D eigenvalue weighted by Crippen LogP contribution is 2.11. The van der Waals surface area contributed by atoms with Crippen LogP contribution in [0.15, 0.2) is 24.2 Å². The molecule has 1 aromatic carbocycles. The molecule has 12 heavy (non-hydrogen) atoms. The average Bonchev–Trinajstić information content (AvgIpc) is 2.23. The third kappa shape index (κ3) is 2.93. The topological polar surface area (TPSA) is 46.2 Å². The number of phenols is 1. The Morgan fingerprint density at radius 2 is 2.08 bits per heavy atom. The summed E-state index contributed by atoms with van der Waals surface area (Å²) in [6.45, 7) is 1.82. The van der Waals surface area contributed by atoms with Crippen molar-refractivity contribution in [2.45, 2.75) is 25.8 Å². The number of hydrogen-bond acceptors (Lipinski definition) is 2. The van der Waals surface area contributed by atoms with Crippen LogP contribution in [0.1, 0.15) is 24.4 Å². The van der Waals surface area contributed by atoms with Gasteiger partial charge in [-0.05, 0) is 37.4 Å². The number of phenolic OH excluding ortho intramolecular Hbond substituents is 1. The molecule has 2 heteroatoms. The summed E-state index contributed by atoms with van der Waals surface area (Å²) >= 11 is 0. The van der Waals surface area contributed by atoms with E-state index >= 15 is 0 Å². The maximum absolute atomic E-state index is 9.33. The Balaban J connectivity index is 3.18. The Morgan fingerprint density at radius 1 is 1.50 bits per heavy atom. The van der Waals surface area contributed by atoms with E-state index in [0.29, 0.717) is 18.4 Å². The molecule has 0 spiro atoms. The first kappa shape index (κ1) is 4.87. The van der Waals surface area contributed by atoms with Gasteiger partial charge in [-0.3, -0.25) is 0 Å². The molecule has 1 aromatic rings. The van der Waals surface area contributed by atoms with E-state index < -0.39 is 5.75 Å². The van der Waals surface area contributed by atoms with E-state index in [1.165, 1.54) is 0 Å². The molecule has 2 nitrogen and oxygen atoms in total. The standard InChI is InChI=1S/C10H15NO/c1-8(11)2-3-9-4-6-10(12)7-5-9/h4-8,12H,2-3,11H2,1H3/i4D,5D,6D,7D. The number of rotatable bonds is 3. The van der Waals surface area contributed by atoms with Gasteiger partial charge < -0.3 is 10.8 Å². The summed E-state index contributed by atoms with van der Waals surface area (Å²) in [4.78, 5) is 0. The summed E-state index contributed by atoms with van der Waals surface area (Å²) in [6, 6.07) is -1.20. The predicted octanol–water partition coefficient (Wildman–Crippen LogP) is 1.67. The lowest BCUT2D eigenvalue weighted by Crippen LogP contribution is -2.15. The van der Waals surface area contributed by atoms with E-state index in [9.17, 15) is 5.11 Å². The third-order valence-electron chi connectivity index (χ3n) is 1.51. The third-order valence-corrected chi connectivity index (χ3v) is 1.51. The zero-order chi connectivity index (χ0) is 12.5. The van der Waals surface area contributed by atoms with Crippen molar-refractivity contribution >= 4 is 0 Å². The van der Waals surface area contributed by atoms with E-state index in [2.05, 4.69) is 0 Å². The van der Waals surface area contributed by atoms with Gasteiger partial charge in [-0.25, -0.2) is 0 Å². The largest absolute Gasteiger partial charge is 0.508 e. The summed E-state index contributed by atoms with van der Waals surface area (Å²) in [5.74, 6) is -0.598. The van der Waals surface area contributed by atoms with Crippen LogP contribution in [0, 0.1) is 0 Å². The summed E-state index contributed by atoms with van der Waals surface area (Å²) in [6.07, 6.45) is 0.967. The van der Waals surface area contributed by atoms with Crippen molar-refractivity contribution in [1.29, 1.82) is 0 Å². The Labute approximate surface area is 78.6 Å². The summed E-state index contributed by atoms with van der Waals surface area (Å²) in [7, 11) is 0. The van der Waals surface area contributed by atoms with Crippen LogP contribution in [0.25, 0.3) is 0 Å². The second kappa shape index (κ2) is 4.12. The van der Waals surface area contributed by atoms with Crippen molar-refractivity contribution < 1.29 is 10.6 Å². The minimum atomic E-state index is -0.598. The van der Waals surface area contributed by atoms with Crippen LogP contribution in [0.2, 0.25) is 0 Å². The van der Waals surface area contributed by atoms with E-state index in [0.717, 1.165) is 0 Å². The van der Waals surface area contributed by atoms with Crippen molar-refractivity contribution in [3.8, 4) is 5.75 Å². The lowest BCUT2D eigenvalue weighted by molar-refractivity contribution is 0.475. The number of nitrogens with two attached hydrogens (primary N) is 1. The van der Waals surface area contributed by atoms with Crippen LogP contribution in [0.3, 0.4) is 0 Å². The molecule has 0 saturated carbocycles. The van der Waals surface area contributed by atoms with Gasteiger partial charge in [0.05, 0.1) is 5.48 Å². The van der Waals surface area contributed by atoms with E-state index in [4.69, 9.17) is 11.2 Å². The van der Waals surface area contributed by atoms with Gasteiger partial charge in [-0.1, -0.05) is 12.1 Å². The maximum atomic E-state index is 9.33. The summed E-state index contributed by atoms with van der Waals surface area (Å²) in [5, 5.41) is 9.33. The molecule has 66 valence electrons. The highest BCUT2D eigenvalue weighted by Gasteiger charge is 1.96. The molecular weight excluding hydrogens is 150 g/mol. The van der Waals surface area contributed by atoms with Gasteiger partial charge in [-0.15, -0.1) is 0 Å². The first-order valence-corrected chi connectivity index (χ1v) is 3.90. The molecule has 1 rings (SSSR count). The molecule has 1 atom stereocenters. The normalized spacial score (nSPS) is 17.5. The number of hydrogen-bond donors (Lipinski definition) is 2. The quantitative estimate of drug-likeness (QED) is 0.723. The zero-order valence-corrected chi connectivity index (χ0v) is 7.02. The zero-order valence-electron chi connectivity index (χ0n) is 11.0. The van der Waals surface area contributed by atoms with Crippen LogP contribution >= 0.6 is 0 Å². The van der Waals surface area contributed by atoms with Gasteiger partial charge >= 0.3 is 0 Å². The van der Waals surface area contributed by atoms with Gasteiger partial charge in [0, 0.05) is 6.04 Å². The Morgan fingerprint density at radius 3 is 2.58 bits per heavy atom. The first-order valence-electron chi connectivity index (χ1n) is 5.90. The second-order valence-corrected chi connectivity index (χ2v) is 2.84. The van der Waals surface area contributed by atoms with Crippen LogP contribution in [-0.4, -0.2) is 11.1 Å². The molecule has 0 amide bonds. The molecular formula is C10H15NO. The lowest BCUT2D eigenvalue weighted by Gasteiger charge is -2.04. The first-order chi connectivity index (χ1) is 7.36. The molecule has 0 aromatic heterocycles. The Bertz CT molecular complexity index is 377. The SMILES string of the molecule is [2H]c1c([2H])c(CCC(C)N)c([2H])c([2H])c1O. The molecule has 0 bridgehead atoms. The van der Waals surface area contributed by atoms with Gasteiger partial charge in [0.1, 0.15) is 5.75 Å². The van der Waals surface area contributed by atoms with Crippen molar-refractivity contribution in [1.82, 2.24) is 0 Å². The van der Waals surface area contributed by atoms with Gasteiger partial charge in [0.25, 0.3) is 0 Å².